The zero-order valence-corrected chi connectivity index (χ0v) is 16.6. The molecule has 2 aromatic rings. The quantitative estimate of drug-likeness (QED) is 0.657. The minimum Gasteiger partial charge on any atom is -0.339 e. The molecule has 0 spiro atoms. The molecule has 0 aromatic heterocycles. The molecular weight excluding hydrogens is 368 g/mol. The molecule has 2 rings (SSSR count). The van der Waals surface area contributed by atoms with Gasteiger partial charge in [-0.3, -0.25) is 9.59 Å². The zero-order chi connectivity index (χ0) is 18.9. The van der Waals surface area contributed by atoms with Crippen LogP contribution in [0.2, 0.25) is 5.02 Å². The highest BCUT2D eigenvalue weighted by Gasteiger charge is 2.08. The van der Waals surface area contributed by atoms with E-state index in [1.165, 1.54) is 0 Å². The van der Waals surface area contributed by atoms with Crippen molar-refractivity contribution in [2.45, 2.75) is 31.7 Å². The number of carbonyl (C=O) groups excluding carboxylic acids is 2. The molecule has 0 bridgehead atoms. The first kappa shape index (κ1) is 20.3. The maximum atomic E-state index is 12.1. The number of amides is 2. The molecule has 0 heterocycles. The van der Waals surface area contributed by atoms with Crippen molar-refractivity contribution in [1.82, 2.24) is 4.90 Å². The van der Waals surface area contributed by atoms with Crippen LogP contribution in [0.15, 0.2) is 53.4 Å². The van der Waals surface area contributed by atoms with Gasteiger partial charge in [-0.25, -0.2) is 0 Å². The molecule has 0 aliphatic carbocycles. The highest BCUT2D eigenvalue weighted by molar-refractivity contribution is 7.99. The fourth-order valence-electron chi connectivity index (χ4n) is 2.43. The van der Waals surface area contributed by atoms with E-state index in [0.717, 1.165) is 16.1 Å². The molecule has 2 amide bonds. The molecule has 0 saturated carbocycles. The predicted molar refractivity (Wildman–Crippen MR) is 109 cm³/mol. The smallest absolute Gasteiger partial charge is 0.225 e. The standard InChI is InChI=1S/C20H23ClN2O2S/c1-3-23(15(2)24)14-16-5-4-6-18(13-16)22-20(25)11-12-26-19-9-7-17(21)8-10-19/h4-10,13H,3,11-12,14H2,1-2H3,(H,22,25). The molecule has 1 N–H and O–H groups in total. The van der Waals surface area contributed by atoms with Crippen LogP contribution >= 0.6 is 23.4 Å². The molecule has 4 nitrogen and oxygen atoms in total. The minimum atomic E-state index is -0.0254. The summed E-state index contributed by atoms with van der Waals surface area (Å²) < 4.78 is 0. The molecule has 0 aliphatic rings. The van der Waals surface area contributed by atoms with E-state index < -0.39 is 0 Å². The highest BCUT2D eigenvalue weighted by Crippen LogP contribution is 2.21. The van der Waals surface area contributed by atoms with Gasteiger partial charge < -0.3 is 10.2 Å². The summed E-state index contributed by atoms with van der Waals surface area (Å²) >= 11 is 7.48. The number of thioether (sulfide) groups is 1. The van der Waals surface area contributed by atoms with E-state index in [1.54, 1.807) is 23.6 Å². The van der Waals surface area contributed by atoms with Crippen molar-refractivity contribution in [1.29, 1.82) is 0 Å². The first-order valence-corrected chi connectivity index (χ1v) is 9.87. The van der Waals surface area contributed by atoms with Crippen LogP contribution in [0, 0.1) is 0 Å². The molecule has 138 valence electrons. The molecule has 2 aromatic carbocycles. The topological polar surface area (TPSA) is 49.4 Å². The maximum Gasteiger partial charge on any atom is 0.225 e. The van der Waals surface area contributed by atoms with Gasteiger partial charge in [-0.2, -0.15) is 0 Å². The number of hydrogen-bond acceptors (Lipinski definition) is 3. The Morgan fingerprint density at radius 2 is 1.88 bits per heavy atom. The van der Waals surface area contributed by atoms with Gasteiger partial charge in [0.2, 0.25) is 11.8 Å². The van der Waals surface area contributed by atoms with E-state index >= 15 is 0 Å². The number of nitrogens with one attached hydrogen (secondary N) is 1. The summed E-state index contributed by atoms with van der Waals surface area (Å²) in [6.07, 6.45) is 0.423. The Labute approximate surface area is 163 Å². The number of anilines is 1. The normalized spacial score (nSPS) is 10.4. The van der Waals surface area contributed by atoms with Crippen LogP contribution in [0.5, 0.6) is 0 Å². The van der Waals surface area contributed by atoms with Gasteiger partial charge in [-0.15, -0.1) is 11.8 Å². The van der Waals surface area contributed by atoms with Crippen molar-refractivity contribution in [2.24, 2.45) is 0 Å². The van der Waals surface area contributed by atoms with Crippen molar-refractivity contribution in [2.75, 3.05) is 17.6 Å². The van der Waals surface area contributed by atoms with Crippen LogP contribution in [0.4, 0.5) is 5.69 Å². The molecule has 6 heteroatoms. The summed E-state index contributed by atoms with van der Waals surface area (Å²) in [5, 5.41) is 3.63. The fraction of sp³-hybridized carbons (Fsp3) is 0.300. The summed E-state index contributed by atoms with van der Waals surface area (Å²) in [7, 11) is 0. The maximum absolute atomic E-state index is 12.1. The van der Waals surface area contributed by atoms with E-state index in [-0.39, 0.29) is 11.8 Å². The number of halogens is 1. The predicted octanol–water partition coefficient (Wildman–Crippen LogP) is 4.83. The molecular formula is C20H23ClN2O2S. The number of hydrogen-bond donors (Lipinski definition) is 1. The molecule has 0 saturated heterocycles. The number of benzene rings is 2. The third-order valence-electron chi connectivity index (χ3n) is 3.82. The van der Waals surface area contributed by atoms with Gasteiger partial charge in [0, 0.05) is 47.8 Å². The summed E-state index contributed by atoms with van der Waals surface area (Å²) in [4.78, 5) is 26.5. The van der Waals surface area contributed by atoms with Crippen LogP contribution in [0.3, 0.4) is 0 Å². The molecule has 0 fully saturated rings. The Bertz CT molecular complexity index is 750. The van der Waals surface area contributed by atoms with Crippen LogP contribution in [-0.2, 0) is 16.1 Å². The van der Waals surface area contributed by atoms with Gasteiger partial charge in [0.05, 0.1) is 0 Å². The van der Waals surface area contributed by atoms with E-state index in [4.69, 9.17) is 11.6 Å². The Kier molecular flexibility index (Phi) is 8.01. The Morgan fingerprint density at radius 1 is 1.15 bits per heavy atom. The lowest BCUT2D eigenvalue weighted by Gasteiger charge is -2.19. The molecule has 0 unspecified atom stereocenters. The number of rotatable bonds is 8. The average Bonchev–Trinajstić information content (AvgIpc) is 2.61. The number of nitrogens with zero attached hydrogens (tertiary/aromatic N) is 1. The fourth-order valence-corrected chi connectivity index (χ4v) is 3.41. The minimum absolute atomic E-state index is 0.0254. The molecule has 0 aliphatic heterocycles. The Balaban J connectivity index is 1.83. The number of carbonyl (C=O) groups is 2. The third-order valence-corrected chi connectivity index (χ3v) is 5.09. The van der Waals surface area contributed by atoms with Gasteiger partial charge in [0.15, 0.2) is 0 Å². The summed E-state index contributed by atoms with van der Waals surface area (Å²) in [5.41, 5.74) is 1.75. The lowest BCUT2D eigenvalue weighted by Crippen LogP contribution is -2.27. The first-order chi connectivity index (χ1) is 12.5. The van der Waals surface area contributed by atoms with Gasteiger partial charge in [-0.1, -0.05) is 23.7 Å². The second-order valence-corrected chi connectivity index (χ2v) is 7.44. The first-order valence-electron chi connectivity index (χ1n) is 8.50. The molecule has 0 radical (unpaired) electrons. The lowest BCUT2D eigenvalue weighted by molar-refractivity contribution is -0.129. The van der Waals surface area contributed by atoms with Crippen LogP contribution in [0.25, 0.3) is 0 Å². The van der Waals surface area contributed by atoms with E-state index in [2.05, 4.69) is 5.32 Å². The van der Waals surface area contributed by atoms with Crippen LogP contribution in [0.1, 0.15) is 25.8 Å². The van der Waals surface area contributed by atoms with Crippen molar-refractivity contribution < 1.29 is 9.59 Å². The van der Waals surface area contributed by atoms with Crippen molar-refractivity contribution >= 4 is 40.9 Å². The van der Waals surface area contributed by atoms with Gasteiger partial charge in [-0.05, 0) is 48.9 Å². The molecule has 0 atom stereocenters. The van der Waals surface area contributed by atoms with E-state index in [0.29, 0.717) is 30.3 Å². The largest absolute Gasteiger partial charge is 0.339 e. The van der Waals surface area contributed by atoms with Crippen molar-refractivity contribution in [3.8, 4) is 0 Å². The average molecular weight is 391 g/mol. The lowest BCUT2D eigenvalue weighted by atomic mass is 10.2. The Hall–Kier alpha value is -1.98. The SMILES string of the molecule is CCN(Cc1cccc(NC(=O)CCSc2ccc(Cl)cc2)c1)C(C)=O. The van der Waals surface area contributed by atoms with Gasteiger partial charge in [0.1, 0.15) is 0 Å². The van der Waals surface area contributed by atoms with Crippen molar-refractivity contribution in [3.63, 3.8) is 0 Å². The summed E-state index contributed by atoms with van der Waals surface area (Å²) in [5.74, 6) is 0.713. The second kappa shape index (κ2) is 10.2. The van der Waals surface area contributed by atoms with E-state index in [1.807, 2.05) is 55.5 Å². The summed E-state index contributed by atoms with van der Waals surface area (Å²) in [6.45, 7) is 4.72. The van der Waals surface area contributed by atoms with Crippen LogP contribution in [-0.4, -0.2) is 29.0 Å². The molecule has 26 heavy (non-hydrogen) atoms. The van der Waals surface area contributed by atoms with E-state index in [9.17, 15) is 9.59 Å². The van der Waals surface area contributed by atoms with Gasteiger partial charge >= 0.3 is 0 Å². The highest BCUT2D eigenvalue weighted by atomic mass is 35.5. The van der Waals surface area contributed by atoms with Crippen molar-refractivity contribution in [3.05, 3.63) is 59.1 Å². The monoisotopic (exact) mass is 390 g/mol. The summed E-state index contributed by atoms with van der Waals surface area (Å²) in [6, 6.07) is 15.2. The second-order valence-electron chi connectivity index (χ2n) is 5.83. The third kappa shape index (κ3) is 6.73. The zero-order valence-electron chi connectivity index (χ0n) is 15.0. The van der Waals surface area contributed by atoms with Gasteiger partial charge in [0.25, 0.3) is 0 Å². The van der Waals surface area contributed by atoms with Crippen LogP contribution < -0.4 is 5.32 Å². The Morgan fingerprint density at radius 3 is 2.54 bits per heavy atom.